The summed E-state index contributed by atoms with van der Waals surface area (Å²) in [5.74, 6) is -0.542. The topological polar surface area (TPSA) is 110 Å². The van der Waals surface area contributed by atoms with Crippen LogP contribution < -0.4 is 11.1 Å². The standard InChI is InChI=1S/C22H16N6O/c23-22(29)17-11-25-20-10-14(13-6-8-24-9-7-13)4-5-15(20)21(17)27-18-2-1-3-19-16(18)12-26-28-19/h1-12H,(H2,23,29)(H,25,27)(H,26,28). The molecule has 5 aromatic rings. The SMILES string of the molecule is NC(=O)c1cnc2cc(-c3ccncc3)ccc2c1Nc1cccc2[nH]ncc12. The third-order valence-corrected chi connectivity index (χ3v) is 4.89. The van der Waals surface area contributed by atoms with Gasteiger partial charge >= 0.3 is 0 Å². The number of primary amides is 1. The van der Waals surface area contributed by atoms with Crippen molar-refractivity contribution in [3.05, 3.63) is 78.9 Å². The highest BCUT2D eigenvalue weighted by atomic mass is 16.1. The van der Waals surface area contributed by atoms with Gasteiger partial charge in [-0.05, 0) is 41.5 Å². The van der Waals surface area contributed by atoms with E-state index in [4.69, 9.17) is 5.73 Å². The third kappa shape index (κ3) is 2.94. The van der Waals surface area contributed by atoms with Crippen molar-refractivity contribution in [2.75, 3.05) is 5.32 Å². The Kier molecular flexibility index (Phi) is 3.91. The predicted molar refractivity (Wildman–Crippen MR) is 113 cm³/mol. The molecule has 0 bridgehead atoms. The zero-order chi connectivity index (χ0) is 19.8. The van der Waals surface area contributed by atoms with Gasteiger partial charge in [-0.25, -0.2) is 0 Å². The van der Waals surface area contributed by atoms with Gasteiger partial charge in [0.1, 0.15) is 0 Å². The third-order valence-electron chi connectivity index (χ3n) is 4.89. The van der Waals surface area contributed by atoms with Gasteiger partial charge in [-0.1, -0.05) is 18.2 Å². The first-order chi connectivity index (χ1) is 14.2. The van der Waals surface area contributed by atoms with Crippen LogP contribution in [0.5, 0.6) is 0 Å². The molecule has 2 aromatic carbocycles. The molecule has 0 atom stereocenters. The number of nitrogens with zero attached hydrogens (tertiary/aromatic N) is 3. The average Bonchev–Trinajstić information content (AvgIpc) is 3.24. The van der Waals surface area contributed by atoms with E-state index in [0.717, 1.165) is 38.6 Å². The summed E-state index contributed by atoms with van der Waals surface area (Å²) in [5.41, 5.74) is 11.1. The number of carbonyl (C=O) groups excluding carboxylic acids is 1. The molecule has 0 aliphatic carbocycles. The van der Waals surface area contributed by atoms with E-state index in [1.165, 1.54) is 6.20 Å². The van der Waals surface area contributed by atoms with Crippen LogP contribution in [0.25, 0.3) is 32.9 Å². The molecule has 140 valence electrons. The van der Waals surface area contributed by atoms with Crippen molar-refractivity contribution in [3.8, 4) is 11.1 Å². The molecule has 0 saturated heterocycles. The fourth-order valence-electron chi connectivity index (χ4n) is 3.45. The highest BCUT2D eigenvalue weighted by Crippen LogP contribution is 2.33. The molecule has 0 aliphatic heterocycles. The Labute approximate surface area is 165 Å². The summed E-state index contributed by atoms with van der Waals surface area (Å²) < 4.78 is 0. The Bertz CT molecular complexity index is 1360. The Morgan fingerprint density at radius 1 is 0.966 bits per heavy atom. The summed E-state index contributed by atoms with van der Waals surface area (Å²) in [4.78, 5) is 20.6. The molecule has 0 saturated carbocycles. The molecule has 5 rings (SSSR count). The van der Waals surface area contributed by atoms with Crippen molar-refractivity contribution in [2.45, 2.75) is 0 Å². The maximum Gasteiger partial charge on any atom is 0.252 e. The van der Waals surface area contributed by atoms with Crippen LogP contribution in [-0.2, 0) is 0 Å². The number of benzene rings is 2. The van der Waals surface area contributed by atoms with Gasteiger partial charge < -0.3 is 11.1 Å². The number of fused-ring (bicyclic) bond motifs is 2. The zero-order valence-electron chi connectivity index (χ0n) is 15.3. The first-order valence-electron chi connectivity index (χ1n) is 9.03. The number of hydrogen-bond donors (Lipinski definition) is 3. The van der Waals surface area contributed by atoms with Crippen LogP contribution in [-0.4, -0.2) is 26.1 Å². The minimum absolute atomic E-state index is 0.328. The van der Waals surface area contributed by atoms with Crippen molar-refractivity contribution >= 4 is 39.1 Å². The molecule has 0 radical (unpaired) electrons. The number of aromatic nitrogens is 4. The molecule has 0 fully saturated rings. The number of carbonyl (C=O) groups is 1. The Morgan fingerprint density at radius 3 is 2.66 bits per heavy atom. The Morgan fingerprint density at radius 2 is 1.83 bits per heavy atom. The molecule has 29 heavy (non-hydrogen) atoms. The molecule has 3 heterocycles. The number of nitrogens with two attached hydrogens (primary N) is 1. The van der Waals surface area contributed by atoms with Crippen molar-refractivity contribution < 1.29 is 4.79 Å². The number of pyridine rings is 2. The lowest BCUT2D eigenvalue weighted by Crippen LogP contribution is -2.14. The largest absolute Gasteiger partial charge is 0.365 e. The molecule has 0 spiro atoms. The van der Waals surface area contributed by atoms with Crippen molar-refractivity contribution in [1.29, 1.82) is 0 Å². The maximum absolute atomic E-state index is 12.1. The predicted octanol–water partition coefficient (Wildman–Crippen LogP) is 4.02. The summed E-state index contributed by atoms with van der Waals surface area (Å²) >= 11 is 0. The fourth-order valence-corrected chi connectivity index (χ4v) is 3.45. The Hall–Kier alpha value is -4.26. The number of anilines is 2. The van der Waals surface area contributed by atoms with Gasteiger partial charge in [-0.3, -0.25) is 19.9 Å². The number of rotatable bonds is 4. The van der Waals surface area contributed by atoms with Crippen LogP contribution in [0.3, 0.4) is 0 Å². The van der Waals surface area contributed by atoms with Gasteiger partial charge in [0.25, 0.3) is 5.91 Å². The first kappa shape index (κ1) is 16.9. The van der Waals surface area contributed by atoms with E-state index in [2.05, 4.69) is 25.5 Å². The van der Waals surface area contributed by atoms with E-state index in [9.17, 15) is 4.79 Å². The smallest absolute Gasteiger partial charge is 0.252 e. The fraction of sp³-hybridized carbons (Fsp3) is 0. The van der Waals surface area contributed by atoms with E-state index < -0.39 is 5.91 Å². The summed E-state index contributed by atoms with van der Waals surface area (Å²) in [6.45, 7) is 0. The minimum atomic E-state index is -0.542. The van der Waals surface area contributed by atoms with Crippen LogP contribution in [0.1, 0.15) is 10.4 Å². The monoisotopic (exact) mass is 380 g/mol. The van der Waals surface area contributed by atoms with Crippen LogP contribution in [0.4, 0.5) is 11.4 Å². The van der Waals surface area contributed by atoms with Gasteiger partial charge in [0.2, 0.25) is 0 Å². The number of hydrogen-bond acceptors (Lipinski definition) is 5. The second-order valence-electron chi connectivity index (χ2n) is 6.64. The van der Waals surface area contributed by atoms with Gasteiger partial charge in [0.15, 0.2) is 0 Å². The van der Waals surface area contributed by atoms with Gasteiger partial charge in [-0.2, -0.15) is 5.10 Å². The van der Waals surface area contributed by atoms with E-state index >= 15 is 0 Å². The quantitative estimate of drug-likeness (QED) is 0.436. The molecule has 0 aliphatic rings. The summed E-state index contributed by atoms with van der Waals surface area (Å²) in [5, 5.41) is 12.1. The number of nitrogens with one attached hydrogen (secondary N) is 2. The maximum atomic E-state index is 12.1. The van der Waals surface area contributed by atoms with Crippen LogP contribution in [0.2, 0.25) is 0 Å². The normalized spacial score (nSPS) is 11.0. The van der Waals surface area contributed by atoms with Crippen LogP contribution in [0, 0.1) is 0 Å². The number of H-pyrrole nitrogens is 1. The average molecular weight is 380 g/mol. The molecule has 3 aromatic heterocycles. The van der Waals surface area contributed by atoms with Crippen LogP contribution >= 0.6 is 0 Å². The van der Waals surface area contributed by atoms with Gasteiger partial charge in [0, 0.05) is 35.1 Å². The lowest BCUT2D eigenvalue weighted by Gasteiger charge is -2.14. The van der Waals surface area contributed by atoms with Crippen molar-refractivity contribution in [2.24, 2.45) is 5.73 Å². The summed E-state index contributed by atoms with van der Waals surface area (Å²) in [6.07, 6.45) is 6.76. The van der Waals surface area contributed by atoms with Crippen LogP contribution in [0.15, 0.2) is 73.3 Å². The van der Waals surface area contributed by atoms with Gasteiger partial charge in [-0.15, -0.1) is 0 Å². The molecule has 7 heteroatoms. The highest BCUT2D eigenvalue weighted by Gasteiger charge is 2.15. The van der Waals surface area contributed by atoms with Gasteiger partial charge in [0.05, 0.1) is 28.5 Å². The van der Waals surface area contributed by atoms with E-state index in [0.29, 0.717) is 11.3 Å². The molecule has 1 amide bonds. The van der Waals surface area contributed by atoms with E-state index in [1.54, 1.807) is 18.6 Å². The lowest BCUT2D eigenvalue weighted by atomic mass is 10.0. The summed E-state index contributed by atoms with van der Waals surface area (Å²) in [7, 11) is 0. The van der Waals surface area contributed by atoms with Crippen molar-refractivity contribution in [1.82, 2.24) is 20.2 Å². The molecule has 0 unspecified atom stereocenters. The minimum Gasteiger partial charge on any atom is -0.365 e. The first-order valence-corrected chi connectivity index (χ1v) is 9.03. The number of amides is 1. The molecular weight excluding hydrogens is 364 g/mol. The second kappa shape index (κ2) is 6.72. The Balaban J connectivity index is 1.68. The zero-order valence-corrected chi connectivity index (χ0v) is 15.3. The second-order valence-corrected chi connectivity index (χ2v) is 6.64. The van der Waals surface area contributed by atoms with E-state index in [1.807, 2.05) is 48.5 Å². The molecule has 7 nitrogen and oxygen atoms in total. The van der Waals surface area contributed by atoms with E-state index in [-0.39, 0.29) is 0 Å². The molecular formula is C22H16N6O. The highest BCUT2D eigenvalue weighted by molar-refractivity contribution is 6.09. The van der Waals surface area contributed by atoms with Crippen molar-refractivity contribution in [3.63, 3.8) is 0 Å². The number of aromatic amines is 1. The molecule has 4 N–H and O–H groups in total. The lowest BCUT2D eigenvalue weighted by molar-refractivity contribution is 0.100. The summed E-state index contributed by atoms with van der Waals surface area (Å²) in [6, 6.07) is 15.6.